The second kappa shape index (κ2) is 8.54. The molecule has 1 aliphatic rings. The quantitative estimate of drug-likeness (QED) is 0.861. The molecule has 2 aromatic rings. The van der Waals surface area contributed by atoms with Crippen molar-refractivity contribution in [3.05, 3.63) is 51.7 Å². The van der Waals surface area contributed by atoms with Gasteiger partial charge in [-0.3, -0.25) is 4.79 Å². The maximum Gasteiger partial charge on any atom is 0.228 e. The van der Waals surface area contributed by atoms with Gasteiger partial charge in [-0.05, 0) is 50.0 Å². The number of benzene rings is 1. The molecule has 0 saturated carbocycles. The van der Waals surface area contributed by atoms with Gasteiger partial charge in [-0.25, -0.2) is 9.37 Å². The Morgan fingerprint density at radius 1 is 1.40 bits per heavy atom. The molecule has 1 N–H and O–H groups in total. The summed E-state index contributed by atoms with van der Waals surface area (Å²) >= 11 is 1.56. The summed E-state index contributed by atoms with van der Waals surface area (Å²) in [6, 6.07) is 6.48. The Morgan fingerprint density at radius 3 is 2.96 bits per heavy atom. The molecule has 1 aromatic heterocycles. The van der Waals surface area contributed by atoms with Crippen molar-refractivity contribution in [1.29, 1.82) is 0 Å². The lowest BCUT2D eigenvalue weighted by Crippen LogP contribution is -2.43. The Hall–Kier alpha value is -1.79. The number of nitrogens with zero attached hydrogens (tertiary/aromatic N) is 2. The lowest BCUT2D eigenvalue weighted by molar-refractivity contribution is -0.132. The van der Waals surface area contributed by atoms with Crippen LogP contribution in [0.3, 0.4) is 0 Å². The van der Waals surface area contributed by atoms with E-state index in [-0.39, 0.29) is 11.7 Å². The lowest BCUT2D eigenvalue weighted by Gasteiger charge is -2.32. The van der Waals surface area contributed by atoms with Crippen LogP contribution in [-0.4, -0.2) is 42.5 Å². The molecule has 1 atom stereocenters. The Kier molecular flexibility index (Phi) is 6.15. The van der Waals surface area contributed by atoms with Crippen molar-refractivity contribution in [1.82, 2.24) is 15.2 Å². The maximum atomic E-state index is 13.0. The molecule has 1 fully saturated rings. The van der Waals surface area contributed by atoms with Gasteiger partial charge in [-0.1, -0.05) is 12.1 Å². The normalized spacial score (nSPS) is 17.7. The number of halogens is 1. The van der Waals surface area contributed by atoms with E-state index in [1.54, 1.807) is 23.5 Å². The van der Waals surface area contributed by atoms with Gasteiger partial charge in [-0.15, -0.1) is 11.3 Å². The van der Waals surface area contributed by atoms with Crippen LogP contribution in [0.4, 0.5) is 4.39 Å². The highest BCUT2D eigenvalue weighted by molar-refractivity contribution is 7.09. The summed E-state index contributed by atoms with van der Waals surface area (Å²) in [6.07, 6.45) is 3.30. The first-order valence-corrected chi connectivity index (χ1v) is 9.62. The number of carbonyl (C=O) groups excluding carboxylic acids is 1. The fourth-order valence-electron chi connectivity index (χ4n) is 3.30. The smallest absolute Gasteiger partial charge is 0.228 e. The molecule has 1 saturated heterocycles. The van der Waals surface area contributed by atoms with Crippen LogP contribution in [0.25, 0.3) is 0 Å². The van der Waals surface area contributed by atoms with Gasteiger partial charge in [0.05, 0.1) is 17.1 Å². The van der Waals surface area contributed by atoms with Crippen LogP contribution in [-0.2, 0) is 17.6 Å². The zero-order valence-electron chi connectivity index (χ0n) is 14.5. The third kappa shape index (κ3) is 5.09. The minimum absolute atomic E-state index is 0.166. The maximum absolute atomic E-state index is 13.0. The molecule has 0 bridgehead atoms. The first-order valence-electron chi connectivity index (χ1n) is 8.74. The summed E-state index contributed by atoms with van der Waals surface area (Å²) in [4.78, 5) is 19.1. The topological polar surface area (TPSA) is 45.2 Å². The Labute approximate surface area is 152 Å². The summed E-state index contributed by atoms with van der Waals surface area (Å²) in [5.41, 5.74) is 1.86. The highest BCUT2D eigenvalue weighted by Gasteiger charge is 2.23. The summed E-state index contributed by atoms with van der Waals surface area (Å²) in [6.45, 7) is 2.65. The summed E-state index contributed by atoms with van der Waals surface area (Å²) in [7, 11) is 1.96. The van der Waals surface area contributed by atoms with Gasteiger partial charge >= 0.3 is 0 Å². The number of piperidine rings is 1. The molecule has 134 valence electrons. The number of nitrogens with one attached hydrogen (secondary N) is 1. The highest BCUT2D eigenvalue weighted by atomic mass is 32.1. The second-order valence-corrected chi connectivity index (χ2v) is 7.56. The molecule has 1 aliphatic heterocycles. The standard InChI is InChI=1S/C19H24FN3OS/c1-21-11-15-3-2-8-23(12-15)19(24)10-17-13-25-18(22-17)9-14-4-6-16(20)7-5-14/h4-7,13,15,21H,2-3,8-12H2,1H3. The summed E-state index contributed by atoms with van der Waals surface area (Å²) in [5, 5.41) is 6.13. The first kappa shape index (κ1) is 18.0. The van der Waals surface area contributed by atoms with Crippen molar-refractivity contribution in [2.45, 2.75) is 25.7 Å². The van der Waals surface area contributed by atoms with E-state index in [2.05, 4.69) is 10.3 Å². The van der Waals surface area contributed by atoms with E-state index in [9.17, 15) is 9.18 Å². The number of thiazole rings is 1. The van der Waals surface area contributed by atoms with E-state index < -0.39 is 0 Å². The van der Waals surface area contributed by atoms with Crippen LogP contribution >= 0.6 is 11.3 Å². The molecule has 1 unspecified atom stereocenters. The number of hydrogen-bond acceptors (Lipinski definition) is 4. The molecule has 1 aromatic carbocycles. The number of hydrogen-bond donors (Lipinski definition) is 1. The molecule has 25 heavy (non-hydrogen) atoms. The highest BCUT2D eigenvalue weighted by Crippen LogP contribution is 2.19. The predicted octanol–water partition coefficient (Wildman–Crippen LogP) is 2.87. The van der Waals surface area contributed by atoms with Crippen LogP contribution in [0.2, 0.25) is 0 Å². The first-order chi connectivity index (χ1) is 12.1. The van der Waals surface area contributed by atoms with E-state index >= 15 is 0 Å². The van der Waals surface area contributed by atoms with Crippen molar-refractivity contribution < 1.29 is 9.18 Å². The van der Waals surface area contributed by atoms with Crippen molar-refractivity contribution in [2.75, 3.05) is 26.7 Å². The third-order valence-corrected chi connectivity index (χ3v) is 5.46. The largest absolute Gasteiger partial charge is 0.342 e. The van der Waals surface area contributed by atoms with Crippen molar-refractivity contribution >= 4 is 17.2 Å². The monoisotopic (exact) mass is 361 g/mol. The number of amides is 1. The minimum atomic E-state index is -0.229. The van der Waals surface area contributed by atoms with Crippen LogP contribution in [0.15, 0.2) is 29.6 Å². The number of rotatable bonds is 6. The fraction of sp³-hybridized carbons (Fsp3) is 0.474. The summed E-state index contributed by atoms with van der Waals surface area (Å²) < 4.78 is 13.0. The molecule has 6 heteroatoms. The zero-order valence-corrected chi connectivity index (χ0v) is 15.3. The number of carbonyl (C=O) groups is 1. The van der Waals surface area contributed by atoms with E-state index in [0.717, 1.165) is 42.3 Å². The SMILES string of the molecule is CNCC1CCCN(C(=O)Cc2csc(Cc3ccc(F)cc3)n2)C1. The molecule has 0 radical (unpaired) electrons. The molecule has 2 heterocycles. The van der Waals surface area contributed by atoms with Crippen LogP contribution in [0.1, 0.15) is 29.1 Å². The van der Waals surface area contributed by atoms with Crippen LogP contribution in [0, 0.1) is 11.7 Å². The third-order valence-electron chi connectivity index (χ3n) is 4.56. The van der Waals surface area contributed by atoms with Gasteiger partial charge in [0.1, 0.15) is 5.82 Å². The summed E-state index contributed by atoms with van der Waals surface area (Å²) in [5.74, 6) is 0.485. The lowest BCUT2D eigenvalue weighted by atomic mass is 9.97. The molecule has 0 spiro atoms. The van der Waals surface area contributed by atoms with Crippen molar-refractivity contribution in [2.24, 2.45) is 5.92 Å². The average Bonchev–Trinajstić information content (AvgIpc) is 3.04. The molecule has 0 aliphatic carbocycles. The van der Waals surface area contributed by atoms with Gasteiger partial charge in [0, 0.05) is 24.9 Å². The van der Waals surface area contributed by atoms with Gasteiger partial charge < -0.3 is 10.2 Å². The van der Waals surface area contributed by atoms with Gasteiger partial charge in [0.15, 0.2) is 0 Å². The molecule has 3 rings (SSSR count). The molecule has 1 amide bonds. The molecule has 4 nitrogen and oxygen atoms in total. The molecular weight excluding hydrogens is 337 g/mol. The van der Waals surface area contributed by atoms with Gasteiger partial charge in [-0.2, -0.15) is 0 Å². The van der Waals surface area contributed by atoms with Gasteiger partial charge in [0.25, 0.3) is 0 Å². The number of likely N-dealkylation sites (tertiary alicyclic amines) is 1. The Morgan fingerprint density at radius 2 is 2.20 bits per heavy atom. The van der Waals surface area contributed by atoms with Crippen LogP contribution in [0.5, 0.6) is 0 Å². The van der Waals surface area contributed by atoms with Crippen molar-refractivity contribution in [3.63, 3.8) is 0 Å². The van der Waals surface area contributed by atoms with Gasteiger partial charge in [0.2, 0.25) is 5.91 Å². The Balaban J connectivity index is 1.55. The second-order valence-electron chi connectivity index (χ2n) is 6.62. The fourth-order valence-corrected chi connectivity index (χ4v) is 4.13. The molecular formula is C19H24FN3OS. The average molecular weight is 361 g/mol. The number of aromatic nitrogens is 1. The zero-order chi connectivity index (χ0) is 17.6. The Bertz CT molecular complexity index is 699. The van der Waals surface area contributed by atoms with E-state index in [1.807, 2.05) is 17.3 Å². The minimum Gasteiger partial charge on any atom is -0.342 e. The van der Waals surface area contributed by atoms with Crippen LogP contribution < -0.4 is 5.32 Å². The van der Waals surface area contributed by atoms with E-state index in [1.165, 1.54) is 18.6 Å². The van der Waals surface area contributed by atoms with E-state index in [0.29, 0.717) is 18.8 Å². The van der Waals surface area contributed by atoms with E-state index in [4.69, 9.17) is 0 Å². The van der Waals surface area contributed by atoms with Crippen molar-refractivity contribution in [3.8, 4) is 0 Å². The predicted molar refractivity (Wildman–Crippen MR) is 98.3 cm³/mol.